The van der Waals surface area contributed by atoms with Gasteiger partial charge in [0.15, 0.2) is 5.58 Å². The summed E-state index contributed by atoms with van der Waals surface area (Å²) in [5.41, 5.74) is 3.94. The summed E-state index contributed by atoms with van der Waals surface area (Å²) in [6.45, 7) is 4.34. The second-order valence-corrected chi connectivity index (χ2v) is 5.13. The van der Waals surface area contributed by atoms with Gasteiger partial charge in [0, 0.05) is 5.56 Å². The van der Waals surface area contributed by atoms with Crippen LogP contribution in [0.2, 0.25) is 0 Å². The van der Waals surface area contributed by atoms with E-state index in [4.69, 9.17) is 9.15 Å². The molecule has 2 aromatic carbocycles. The minimum atomic E-state index is 0.480. The van der Waals surface area contributed by atoms with Crippen molar-refractivity contribution in [3.05, 3.63) is 48.0 Å². The fraction of sp³-hybridized carbons (Fsp3) is 0.235. The lowest BCUT2D eigenvalue weighted by atomic mass is 10.0. The number of ether oxygens (including phenoxy) is 1. The second kappa shape index (κ2) is 5.00. The fourth-order valence-corrected chi connectivity index (χ4v) is 2.16. The van der Waals surface area contributed by atoms with Gasteiger partial charge in [-0.05, 0) is 47.9 Å². The Morgan fingerprint density at radius 1 is 1.05 bits per heavy atom. The first kappa shape index (κ1) is 12.7. The van der Waals surface area contributed by atoms with E-state index < -0.39 is 0 Å². The van der Waals surface area contributed by atoms with Crippen molar-refractivity contribution in [1.29, 1.82) is 0 Å². The van der Waals surface area contributed by atoms with Crippen molar-refractivity contribution < 1.29 is 9.15 Å². The minimum Gasteiger partial charge on any atom is -0.497 e. The van der Waals surface area contributed by atoms with Gasteiger partial charge in [-0.2, -0.15) is 0 Å². The molecule has 0 bridgehead atoms. The molecule has 1 aromatic heterocycles. The first-order valence-corrected chi connectivity index (χ1v) is 6.72. The summed E-state index contributed by atoms with van der Waals surface area (Å²) in [5, 5.41) is 0. The predicted octanol–water partition coefficient (Wildman–Crippen LogP) is 4.63. The van der Waals surface area contributed by atoms with Crippen LogP contribution in [-0.2, 0) is 0 Å². The molecule has 0 saturated carbocycles. The van der Waals surface area contributed by atoms with Crippen molar-refractivity contribution in [2.45, 2.75) is 19.8 Å². The standard InChI is InChI=1S/C17H17NO2/c1-11(2)13-6-9-15-16(10-13)20-17(18-15)12-4-7-14(19-3)8-5-12/h4-11H,1-3H3. The molecule has 3 nitrogen and oxygen atoms in total. The molecule has 20 heavy (non-hydrogen) atoms. The van der Waals surface area contributed by atoms with E-state index in [1.54, 1.807) is 7.11 Å². The van der Waals surface area contributed by atoms with Crippen LogP contribution in [0.15, 0.2) is 46.9 Å². The lowest BCUT2D eigenvalue weighted by molar-refractivity contribution is 0.415. The van der Waals surface area contributed by atoms with Gasteiger partial charge in [-0.15, -0.1) is 0 Å². The summed E-state index contributed by atoms with van der Waals surface area (Å²) in [7, 11) is 1.65. The zero-order valence-corrected chi connectivity index (χ0v) is 11.9. The van der Waals surface area contributed by atoms with E-state index in [9.17, 15) is 0 Å². The van der Waals surface area contributed by atoms with Gasteiger partial charge in [-0.3, -0.25) is 0 Å². The summed E-state index contributed by atoms with van der Waals surface area (Å²) in [6, 6.07) is 13.9. The average molecular weight is 267 g/mol. The van der Waals surface area contributed by atoms with Crippen LogP contribution in [0.4, 0.5) is 0 Å². The Balaban J connectivity index is 2.03. The van der Waals surface area contributed by atoms with Crippen molar-refractivity contribution in [2.24, 2.45) is 0 Å². The lowest BCUT2D eigenvalue weighted by Crippen LogP contribution is -1.85. The Hall–Kier alpha value is -2.29. The Morgan fingerprint density at radius 2 is 1.80 bits per heavy atom. The van der Waals surface area contributed by atoms with Gasteiger partial charge >= 0.3 is 0 Å². The highest BCUT2D eigenvalue weighted by molar-refractivity contribution is 5.77. The highest BCUT2D eigenvalue weighted by atomic mass is 16.5. The highest BCUT2D eigenvalue weighted by Crippen LogP contribution is 2.27. The maximum Gasteiger partial charge on any atom is 0.227 e. The third-order valence-electron chi connectivity index (χ3n) is 3.42. The van der Waals surface area contributed by atoms with Gasteiger partial charge in [0.25, 0.3) is 0 Å². The summed E-state index contributed by atoms with van der Waals surface area (Å²) in [4.78, 5) is 4.53. The number of benzene rings is 2. The number of methoxy groups -OCH3 is 1. The van der Waals surface area contributed by atoms with E-state index in [0.29, 0.717) is 11.8 Å². The SMILES string of the molecule is COc1ccc(-c2nc3ccc(C(C)C)cc3o2)cc1. The van der Waals surface area contributed by atoms with Crippen LogP contribution in [0, 0.1) is 0 Å². The van der Waals surface area contributed by atoms with E-state index >= 15 is 0 Å². The largest absolute Gasteiger partial charge is 0.497 e. The summed E-state index contributed by atoms with van der Waals surface area (Å²) in [5.74, 6) is 1.95. The monoisotopic (exact) mass is 267 g/mol. The molecule has 0 amide bonds. The molecule has 0 aliphatic carbocycles. The van der Waals surface area contributed by atoms with Gasteiger partial charge in [0.1, 0.15) is 11.3 Å². The summed E-state index contributed by atoms with van der Waals surface area (Å²) in [6.07, 6.45) is 0. The van der Waals surface area contributed by atoms with Gasteiger partial charge < -0.3 is 9.15 Å². The molecule has 0 spiro atoms. The predicted molar refractivity (Wildman–Crippen MR) is 80.1 cm³/mol. The molecule has 0 N–H and O–H groups in total. The third kappa shape index (κ3) is 2.27. The molecule has 0 radical (unpaired) electrons. The smallest absolute Gasteiger partial charge is 0.227 e. The van der Waals surface area contributed by atoms with E-state index in [1.807, 2.05) is 30.3 Å². The number of hydrogen-bond acceptors (Lipinski definition) is 3. The maximum absolute atomic E-state index is 5.87. The Morgan fingerprint density at radius 3 is 2.45 bits per heavy atom. The van der Waals surface area contributed by atoms with Crippen molar-refractivity contribution in [3.63, 3.8) is 0 Å². The number of oxazole rings is 1. The number of rotatable bonds is 3. The first-order chi connectivity index (χ1) is 9.67. The molecule has 3 rings (SSSR count). The Kier molecular flexibility index (Phi) is 3.18. The topological polar surface area (TPSA) is 35.3 Å². The van der Waals surface area contributed by atoms with Crippen LogP contribution < -0.4 is 4.74 Å². The lowest BCUT2D eigenvalue weighted by Gasteiger charge is -2.02. The maximum atomic E-state index is 5.87. The Bertz CT molecular complexity index is 726. The van der Waals surface area contributed by atoms with Gasteiger partial charge in [-0.1, -0.05) is 19.9 Å². The van der Waals surface area contributed by atoms with Crippen molar-refractivity contribution >= 4 is 11.1 Å². The van der Waals surface area contributed by atoms with E-state index in [1.165, 1.54) is 5.56 Å². The highest BCUT2D eigenvalue weighted by Gasteiger charge is 2.10. The van der Waals surface area contributed by atoms with Crippen LogP contribution in [0.3, 0.4) is 0 Å². The molecule has 0 fully saturated rings. The second-order valence-electron chi connectivity index (χ2n) is 5.13. The van der Waals surface area contributed by atoms with Crippen molar-refractivity contribution in [2.75, 3.05) is 7.11 Å². The number of nitrogens with zero attached hydrogens (tertiary/aromatic N) is 1. The van der Waals surface area contributed by atoms with E-state index in [2.05, 4.69) is 31.0 Å². The normalized spacial score (nSPS) is 11.2. The molecule has 0 atom stereocenters. The quantitative estimate of drug-likeness (QED) is 0.694. The summed E-state index contributed by atoms with van der Waals surface area (Å²) >= 11 is 0. The number of aromatic nitrogens is 1. The van der Waals surface area contributed by atoms with E-state index in [0.717, 1.165) is 22.4 Å². The molecule has 0 unspecified atom stereocenters. The molecule has 102 valence electrons. The fourth-order valence-electron chi connectivity index (χ4n) is 2.16. The zero-order chi connectivity index (χ0) is 14.1. The van der Waals surface area contributed by atoms with Crippen molar-refractivity contribution in [1.82, 2.24) is 4.98 Å². The first-order valence-electron chi connectivity index (χ1n) is 6.72. The Labute approximate surface area is 118 Å². The van der Waals surface area contributed by atoms with E-state index in [-0.39, 0.29) is 0 Å². The molecule has 3 aromatic rings. The molecule has 1 heterocycles. The molecule has 0 aliphatic heterocycles. The third-order valence-corrected chi connectivity index (χ3v) is 3.42. The molecule has 0 saturated heterocycles. The van der Waals surface area contributed by atoms with Crippen LogP contribution >= 0.6 is 0 Å². The average Bonchev–Trinajstić information content (AvgIpc) is 2.90. The molecular formula is C17H17NO2. The molecule has 0 aliphatic rings. The summed E-state index contributed by atoms with van der Waals surface area (Å²) < 4.78 is 11.0. The van der Waals surface area contributed by atoms with Crippen LogP contribution in [-0.4, -0.2) is 12.1 Å². The molecular weight excluding hydrogens is 250 g/mol. The zero-order valence-electron chi connectivity index (χ0n) is 11.9. The minimum absolute atomic E-state index is 0.480. The van der Waals surface area contributed by atoms with Gasteiger partial charge in [-0.25, -0.2) is 4.98 Å². The van der Waals surface area contributed by atoms with Gasteiger partial charge in [0.05, 0.1) is 7.11 Å². The number of hydrogen-bond donors (Lipinski definition) is 0. The van der Waals surface area contributed by atoms with Gasteiger partial charge in [0.2, 0.25) is 5.89 Å². The molecule has 3 heteroatoms. The van der Waals surface area contributed by atoms with Crippen molar-refractivity contribution in [3.8, 4) is 17.2 Å². The van der Waals surface area contributed by atoms with Crippen LogP contribution in [0.1, 0.15) is 25.3 Å². The number of fused-ring (bicyclic) bond motifs is 1. The van der Waals surface area contributed by atoms with Crippen LogP contribution in [0.5, 0.6) is 5.75 Å². The van der Waals surface area contributed by atoms with Crippen LogP contribution in [0.25, 0.3) is 22.6 Å².